The van der Waals surface area contributed by atoms with Gasteiger partial charge in [0.05, 0.1) is 25.9 Å². The van der Waals surface area contributed by atoms with Crippen LogP contribution >= 0.6 is 0 Å². The fourth-order valence-corrected chi connectivity index (χ4v) is 3.55. The molecule has 10 heteroatoms. The molecule has 30 heavy (non-hydrogen) atoms. The summed E-state index contributed by atoms with van der Waals surface area (Å²) in [5.41, 5.74) is -0.00753. The van der Waals surface area contributed by atoms with Crippen LogP contribution in [0.5, 0.6) is 0 Å². The topological polar surface area (TPSA) is 150 Å². The molecule has 1 amide bonds. The maximum Gasteiger partial charge on any atom is 0.237 e. The van der Waals surface area contributed by atoms with E-state index in [1.807, 2.05) is 13.8 Å². The molecule has 2 saturated heterocycles. The third kappa shape index (κ3) is 6.57. The van der Waals surface area contributed by atoms with E-state index in [2.05, 4.69) is 24.5 Å². The van der Waals surface area contributed by atoms with Gasteiger partial charge in [0.15, 0.2) is 12.6 Å². The van der Waals surface area contributed by atoms with Crippen molar-refractivity contribution in [3.63, 3.8) is 0 Å². The average molecular weight is 435 g/mol. The second-order valence-corrected chi connectivity index (χ2v) is 9.09. The molecule has 7 atom stereocenters. The Hall–Kier alpha value is -0.850. The first-order valence-corrected chi connectivity index (χ1v) is 10.7. The predicted molar refractivity (Wildman–Crippen MR) is 107 cm³/mol. The van der Waals surface area contributed by atoms with Gasteiger partial charge in [0, 0.05) is 18.4 Å². The molecular weight excluding hydrogens is 396 g/mol. The minimum absolute atomic E-state index is 0.00753. The number of carbonyl (C=O) groups is 1. The number of hydrogen-bond donors (Lipinski definition) is 6. The molecule has 10 nitrogen and oxygen atoms in total. The van der Waals surface area contributed by atoms with Crippen LogP contribution in [0.25, 0.3) is 0 Å². The van der Waals surface area contributed by atoms with E-state index in [4.69, 9.17) is 19.3 Å². The van der Waals surface area contributed by atoms with Gasteiger partial charge in [-0.15, -0.1) is 0 Å². The summed E-state index contributed by atoms with van der Waals surface area (Å²) in [5, 5.41) is 45.3. The summed E-state index contributed by atoms with van der Waals surface area (Å²) >= 11 is 0. The van der Waals surface area contributed by atoms with E-state index in [0.29, 0.717) is 26.2 Å². The Morgan fingerprint density at radius 3 is 2.37 bits per heavy atom. The van der Waals surface area contributed by atoms with E-state index in [1.54, 1.807) is 0 Å². The van der Waals surface area contributed by atoms with E-state index in [1.165, 1.54) is 0 Å². The highest BCUT2D eigenvalue weighted by atomic mass is 16.7. The van der Waals surface area contributed by atoms with Crippen molar-refractivity contribution in [2.75, 3.05) is 26.4 Å². The standard InChI is InChI=1S/C20H38N2O8/c1-5-11(2)14(21-7-6-13-28-9-20(3,4)10-29-13)18(26)22-15-17(25)16(24)12(8-23)30-19(15)27/h11-17,19,21,23-25,27H,5-10H2,1-4H3,(H,22,26)/t11?,12?,14-,15+,16+,17+,19?/m0/s1. The summed E-state index contributed by atoms with van der Waals surface area (Å²) in [6.07, 6.45) is -4.58. The van der Waals surface area contributed by atoms with Crippen molar-refractivity contribution in [3.05, 3.63) is 0 Å². The molecule has 0 spiro atoms. The highest BCUT2D eigenvalue weighted by Crippen LogP contribution is 2.24. The third-order valence-corrected chi connectivity index (χ3v) is 5.77. The van der Waals surface area contributed by atoms with Gasteiger partial charge in [-0.25, -0.2) is 0 Å². The van der Waals surface area contributed by atoms with Gasteiger partial charge in [-0.1, -0.05) is 34.1 Å². The van der Waals surface area contributed by atoms with Crippen LogP contribution in [0.3, 0.4) is 0 Å². The van der Waals surface area contributed by atoms with Crippen molar-refractivity contribution in [3.8, 4) is 0 Å². The van der Waals surface area contributed by atoms with Crippen LogP contribution in [0.15, 0.2) is 0 Å². The Labute approximate surface area is 177 Å². The number of aliphatic hydroxyl groups is 4. The number of hydrogen-bond acceptors (Lipinski definition) is 9. The van der Waals surface area contributed by atoms with Crippen LogP contribution in [0.4, 0.5) is 0 Å². The van der Waals surface area contributed by atoms with E-state index in [0.717, 1.165) is 6.42 Å². The molecule has 0 saturated carbocycles. The van der Waals surface area contributed by atoms with Crippen LogP contribution in [0.1, 0.15) is 40.5 Å². The van der Waals surface area contributed by atoms with Crippen LogP contribution in [-0.4, -0.2) is 95.7 Å². The number of aliphatic hydroxyl groups excluding tert-OH is 4. The van der Waals surface area contributed by atoms with Gasteiger partial charge in [-0.3, -0.25) is 4.79 Å². The third-order valence-electron chi connectivity index (χ3n) is 5.77. The van der Waals surface area contributed by atoms with Crippen molar-refractivity contribution in [1.82, 2.24) is 10.6 Å². The van der Waals surface area contributed by atoms with E-state index in [-0.39, 0.29) is 17.6 Å². The molecule has 2 aliphatic heterocycles. The largest absolute Gasteiger partial charge is 0.394 e. The summed E-state index contributed by atoms with van der Waals surface area (Å²) in [7, 11) is 0. The van der Waals surface area contributed by atoms with Gasteiger partial charge in [0.25, 0.3) is 0 Å². The summed E-state index contributed by atoms with van der Waals surface area (Å²) in [6, 6.07) is -1.79. The van der Waals surface area contributed by atoms with Crippen molar-refractivity contribution < 1.29 is 39.4 Å². The highest BCUT2D eigenvalue weighted by Gasteiger charge is 2.45. The Bertz CT molecular complexity index is 539. The maximum atomic E-state index is 12.9. The minimum atomic E-state index is -1.55. The summed E-state index contributed by atoms with van der Waals surface area (Å²) in [4.78, 5) is 12.9. The van der Waals surface area contributed by atoms with Crippen LogP contribution in [-0.2, 0) is 19.0 Å². The lowest BCUT2D eigenvalue weighted by Gasteiger charge is -2.41. The molecule has 3 unspecified atom stereocenters. The zero-order valence-electron chi connectivity index (χ0n) is 18.3. The first-order chi connectivity index (χ1) is 14.1. The average Bonchev–Trinajstić information content (AvgIpc) is 2.71. The lowest BCUT2D eigenvalue weighted by Crippen LogP contribution is -2.66. The summed E-state index contributed by atoms with van der Waals surface area (Å²) in [5.74, 6) is -0.441. The smallest absolute Gasteiger partial charge is 0.237 e. The van der Waals surface area contributed by atoms with Gasteiger partial charge in [-0.2, -0.15) is 0 Å². The quantitative estimate of drug-likeness (QED) is 0.260. The van der Waals surface area contributed by atoms with Crippen LogP contribution in [0, 0.1) is 11.3 Å². The number of amides is 1. The van der Waals surface area contributed by atoms with Gasteiger partial charge < -0.3 is 45.3 Å². The minimum Gasteiger partial charge on any atom is -0.394 e. The molecule has 0 radical (unpaired) electrons. The number of rotatable bonds is 9. The normalized spacial score (nSPS) is 34.3. The van der Waals surface area contributed by atoms with Gasteiger partial charge in [-0.05, 0) is 5.92 Å². The molecule has 176 valence electrons. The number of carbonyl (C=O) groups excluding carboxylic acids is 1. The molecule has 0 aromatic rings. The molecule has 2 aliphatic rings. The molecule has 2 heterocycles. The summed E-state index contributed by atoms with van der Waals surface area (Å²) in [6.45, 7) is 9.18. The number of nitrogens with one attached hydrogen (secondary N) is 2. The lowest BCUT2D eigenvalue weighted by molar-refractivity contribution is -0.254. The fraction of sp³-hybridized carbons (Fsp3) is 0.950. The molecule has 0 aromatic carbocycles. The van der Waals surface area contributed by atoms with Crippen molar-refractivity contribution in [1.29, 1.82) is 0 Å². The van der Waals surface area contributed by atoms with Gasteiger partial charge in [0.1, 0.15) is 24.4 Å². The van der Waals surface area contributed by atoms with E-state index >= 15 is 0 Å². The molecule has 6 N–H and O–H groups in total. The van der Waals surface area contributed by atoms with E-state index < -0.39 is 49.2 Å². The van der Waals surface area contributed by atoms with Crippen LogP contribution < -0.4 is 10.6 Å². The highest BCUT2D eigenvalue weighted by molar-refractivity contribution is 5.82. The van der Waals surface area contributed by atoms with Crippen molar-refractivity contribution >= 4 is 5.91 Å². The molecule has 0 bridgehead atoms. The molecular formula is C20H38N2O8. The SMILES string of the molecule is CCC(C)[C@H](NCCC1OCC(C)(C)CO1)C(=O)N[C@H]1C(O)OC(CO)[C@@H](O)[C@@H]1O. The Kier molecular flexibility index (Phi) is 9.44. The van der Waals surface area contributed by atoms with Gasteiger partial charge in [0.2, 0.25) is 5.91 Å². The summed E-state index contributed by atoms with van der Waals surface area (Å²) < 4.78 is 16.5. The first kappa shape index (κ1) is 25.4. The first-order valence-electron chi connectivity index (χ1n) is 10.7. The van der Waals surface area contributed by atoms with Crippen molar-refractivity contribution in [2.45, 2.75) is 83.5 Å². The second-order valence-electron chi connectivity index (χ2n) is 9.09. The molecule has 2 rings (SSSR count). The van der Waals surface area contributed by atoms with E-state index in [9.17, 15) is 20.1 Å². The predicted octanol–water partition coefficient (Wildman–Crippen LogP) is -1.30. The number of ether oxygens (including phenoxy) is 3. The molecule has 0 aliphatic carbocycles. The molecule has 0 aromatic heterocycles. The van der Waals surface area contributed by atoms with Crippen molar-refractivity contribution in [2.24, 2.45) is 11.3 Å². The van der Waals surface area contributed by atoms with Gasteiger partial charge >= 0.3 is 0 Å². The Morgan fingerprint density at radius 1 is 1.17 bits per heavy atom. The zero-order chi connectivity index (χ0) is 22.5. The maximum absolute atomic E-state index is 12.9. The zero-order valence-corrected chi connectivity index (χ0v) is 18.3. The molecule has 2 fully saturated rings. The second kappa shape index (κ2) is 11.1. The lowest BCUT2D eigenvalue weighted by atomic mass is 9.94. The Balaban J connectivity index is 1.90. The monoisotopic (exact) mass is 434 g/mol. The Morgan fingerprint density at radius 2 is 1.80 bits per heavy atom. The fourth-order valence-electron chi connectivity index (χ4n) is 3.55. The van der Waals surface area contributed by atoms with Crippen LogP contribution in [0.2, 0.25) is 0 Å².